The second kappa shape index (κ2) is 14.9. The van der Waals surface area contributed by atoms with Gasteiger partial charge in [0.25, 0.3) is 0 Å². The third-order valence-electron chi connectivity index (χ3n) is 6.86. The number of hydrogen-bond acceptors (Lipinski definition) is 6. The van der Waals surface area contributed by atoms with E-state index in [4.69, 9.17) is 23.7 Å². The Morgan fingerprint density at radius 3 is 1.30 bits per heavy atom. The van der Waals surface area contributed by atoms with E-state index in [-0.39, 0.29) is 6.61 Å². The van der Waals surface area contributed by atoms with Crippen molar-refractivity contribution in [1.29, 1.82) is 0 Å². The summed E-state index contributed by atoms with van der Waals surface area (Å²) in [7, 11) is 0. The predicted molar refractivity (Wildman–Crippen MR) is 152 cm³/mol. The van der Waals surface area contributed by atoms with Crippen LogP contribution in [0.5, 0.6) is 0 Å². The van der Waals surface area contributed by atoms with Gasteiger partial charge in [0.2, 0.25) is 0 Å². The van der Waals surface area contributed by atoms with E-state index in [2.05, 4.69) is 0 Å². The average Bonchev–Trinajstić information content (AvgIpc) is 3.01. The number of ether oxygens (including phenoxy) is 5. The minimum Gasteiger partial charge on any atom is -0.374 e. The van der Waals surface area contributed by atoms with Crippen LogP contribution in [0.3, 0.4) is 0 Å². The zero-order valence-electron chi connectivity index (χ0n) is 22.5. The smallest absolute Gasteiger partial charge is 0.184 e. The van der Waals surface area contributed by atoms with Crippen LogP contribution in [0.4, 0.5) is 0 Å². The number of hydrogen-bond donors (Lipinski definition) is 1. The normalized spacial score (nSPS) is 22.7. The summed E-state index contributed by atoms with van der Waals surface area (Å²) in [6.07, 6.45) is -3.72. The summed E-state index contributed by atoms with van der Waals surface area (Å²) in [5.74, 6) is 0. The lowest BCUT2D eigenvalue weighted by atomic mass is 9.98. The van der Waals surface area contributed by atoms with Gasteiger partial charge in [-0.15, -0.1) is 0 Å². The fourth-order valence-corrected chi connectivity index (χ4v) is 4.77. The lowest BCUT2D eigenvalue weighted by Gasteiger charge is -2.44. The summed E-state index contributed by atoms with van der Waals surface area (Å²) in [5.41, 5.74) is 4.10. The molecule has 3 unspecified atom stereocenters. The molecule has 0 radical (unpaired) electrons. The van der Waals surface area contributed by atoms with Gasteiger partial charge >= 0.3 is 0 Å². The molecule has 0 spiro atoms. The maximum atomic E-state index is 11.2. The van der Waals surface area contributed by atoms with E-state index in [1.54, 1.807) is 0 Å². The molecule has 1 heterocycles. The van der Waals surface area contributed by atoms with Gasteiger partial charge in [0.1, 0.15) is 24.4 Å². The van der Waals surface area contributed by atoms with Crippen LogP contribution in [-0.2, 0) is 50.1 Å². The van der Waals surface area contributed by atoms with Crippen molar-refractivity contribution >= 4 is 0 Å². The van der Waals surface area contributed by atoms with Crippen LogP contribution in [0.15, 0.2) is 121 Å². The third kappa shape index (κ3) is 8.08. The molecule has 0 aromatic heterocycles. The Hall–Kier alpha value is -3.36. The van der Waals surface area contributed by atoms with Crippen LogP contribution < -0.4 is 0 Å². The van der Waals surface area contributed by atoms with Crippen LogP contribution in [-0.4, -0.2) is 42.4 Å². The van der Waals surface area contributed by atoms with Crippen molar-refractivity contribution in [2.45, 2.75) is 57.1 Å². The van der Waals surface area contributed by atoms with Crippen LogP contribution in [0.2, 0.25) is 0 Å². The van der Waals surface area contributed by atoms with E-state index in [0.717, 1.165) is 22.3 Å². The van der Waals surface area contributed by atoms with Crippen LogP contribution in [0.25, 0.3) is 0 Å². The molecule has 208 valence electrons. The standard InChI is InChI=1S/C34H36O6/c35-34-33(39-24-29-19-11-4-12-20-29)32(38-23-28-17-9-3-10-18-28)31(37-22-27-15-7-2-8-16-27)30(40-34)25-36-21-26-13-5-1-6-14-26/h1-20,30-35H,21-25H2/t30?,31-,32+,33?,34?/m1/s1. The molecule has 5 atom stereocenters. The van der Waals surface area contributed by atoms with Gasteiger partial charge in [-0.05, 0) is 22.3 Å². The van der Waals surface area contributed by atoms with Gasteiger partial charge in [-0.1, -0.05) is 121 Å². The van der Waals surface area contributed by atoms with Crippen molar-refractivity contribution in [1.82, 2.24) is 0 Å². The quantitative estimate of drug-likeness (QED) is 0.236. The summed E-state index contributed by atoms with van der Waals surface area (Å²) < 4.78 is 31.4. The van der Waals surface area contributed by atoms with Gasteiger partial charge in [-0.3, -0.25) is 0 Å². The molecule has 0 bridgehead atoms. The molecule has 1 fully saturated rings. The topological polar surface area (TPSA) is 66.4 Å². The number of rotatable bonds is 13. The molecule has 6 nitrogen and oxygen atoms in total. The minimum atomic E-state index is -1.22. The molecule has 40 heavy (non-hydrogen) atoms. The molecular weight excluding hydrogens is 504 g/mol. The Morgan fingerprint density at radius 2 is 0.850 bits per heavy atom. The number of aliphatic hydroxyl groups excluding tert-OH is 1. The van der Waals surface area contributed by atoms with Crippen LogP contribution in [0, 0.1) is 0 Å². The summed E-state index contributed by atoms with van der Waals surface area (Å²) in [6, 6.07) is 39.7. The lowest BCUT2D eigenvalue weighted by molar-refractivity contribution is -0.317. The summed E-state index contributed by atoms with van der Waals surface area (Å²) in [5, 5.41) is 11.2. The summed E-state index contributed by atoms with van der Waals surface area (Å²) >= 11 is 0. The number of aliphatic hydroxyl groups is 1. The lowest BCUT2D eigenvalue weighted by Crippen LogP contribution is -2.61. The molecule has 6 heteroatoms. The monoisotopic (exact) mass is 540 g/mol. The SMILES string of the molecule is OC1OC(COCc2ccccc2)[C@@H](OCc2ccccc2)[C@H](OCc2ccccc2)C1OCc1ccccc1. The summed E-state index contributed by atoms with van der Waals surface area (Å²) in [4.78, 5) is 0. The van der Waals surface area contributed by atoms with E-state index in [0.29, 0.717) is 26.4 Å². The van der Waals surface area contributed by atoms with Gasteiger partial charge in [0, 0.05) is 0 Å². The predicted octanol–water partition coefficient (Wildman–Crippen LogP) is 5.68. The maximum Gasteiger partial charge on any atom is 0.184 e. The highest BCUT2D eigenvalue weighted by Gasteiger charge is 2.48. The average molecular weight is 541 g/mol. The van der Waals surface area contributed by atoms with E-state index in [1.165, 1.54) is 0 Å². The van der Waals surface area contributed by atoms with Crippen LogP contribution >= 0.6 is 0 Å². The molecule has 1 saturated heterocycles. The Labute approximate surface area is 236 Å². The van der Waals surface area contributed by atoms with Crippen LogP contribution in [0.1, 0.15) is 22.3 Å². The zero-order chi connectivity index (χ0) is 27.4. The van der Waals surface area contributed by atoms with E-state index >= 15 is 0 Å². The highest BCUT2D eigenvalue weighted by molar-refractivity contribution is 5.16. The Bertz CT molecular complexity index is 1240. The number of benzene rings is 4. The Balaban J connectivity index is 1.36. The van der Waals surface area contributed by atoms with Gasteiger partial charge in [-0.25, -0.2) is 0 Å². The summed E-state index contributed by atoms with van der Waals surface area (Å²) in [6.45, 7) is 1.65. The highest BCUT2D eigenvalue weighted by atomic mass is 16.7. The third-order valence-corrected chi connectivity index (χ3v) is 6.86. The van der Waals surface area contributed by atoms with Gasteiger partial charge in [-0.2, -0.15) is 0 Å². The van der Waals surface area contributed by atoms with Crippen molar-refractivity contribution < 1.29 is 28.8 Å². The molecule has 1 N–H and O–H groups in total. The van der Waals surface area contributed by atoms with Crippen molar-refractivity contribution in [2.75, 3.05) is 6.61 Å². The molecule has 5 rings (SSSR count). The van der Waals surface area contributed by atoms with E-state index in [9.17, 15) is 5.11 Å². The fourth-order valence-electron chi connectivity index (χ4n) is 4.77. The molecular formula is C34H36O6. The molecule has 4 aromatic carbocycles. The molecule has 0 aliphatic carbocycles. The minimum absolute atomic E-state index is 0.224. The zero-order valence-corrected chi connectivity index (χ0v) is 22.5. The first-order chi connectivity index (χ1) is 19.8. The molecule has 4 aromatic rings. The van der Waals surface area contributed by atoms with Crippen molar-refractivity contribution in [3.63, 3.8) is 0 Å². The fraction of sp³-hybridized carbons (Fsp3) is 0.294. The molecule has 0 saturated carbocycles. The first-order valence-corrected chi connectivity index (χ1v) is 13.7. The van der Waals surface area contributed by atoms with Gasteiger partial charge in [0.05, 0.1) is 33.0 Å². The second-order valence-corrected chi connectivity index (χ2v) is 9.85. The van der Waals surface area contributed by atoms with Crippen molar-refractivity contribution in [3.05, 3.63) is 144 Å². The largest absolute Gasteiger partial charge is 0.374 e. The first-order valence-electron chi connectivity index (χ1n) is 13.7. The van der Waals surface area contributed by atoms with Gasteiger partial charge < -0.3 is 28.8 Å². The van der Waals surface area contributed by atoms with Gasteiger partial charge in [0.15, 0.2) is 6.29 Å². The molecule has 1 aliphatic rings. The van der Waals surface area contributed by atoms with Crippen molar-refractivity contribution in [3.8, 4) is 0 Å². The van der Waals surface area contributed by atoms with Crippen molar-refractivity contribution in [2.24, 2.45) is 0 Å². The Morgan fingerprint density at radius 1 is 0.475 bits per heavy atom. The van der Waals surface area contributed by atoms with E-state index in [1.807, 2.05) is 121 Å². The first kappa shape index (κ1) is 28.2. The molecule has 0 amide bonds. The Kier molecular flexibility index (Phi) is 10.5. The molecule has 1 aliphatic heterocycles. The van der Waals surface area contributed by atoms with E-state index < -0.39 is 30.7 Å². The second-order valence-electron chi connectivity index (χ2n) is 9.85. The maximum absolute atomic E-state index is 11.2. The highest BCUT2D eigenvalue weighted by Crippen LogP contribution is 2.30.